The van der Waals surface area contributed by atoms with Crippen LogP contribution >= 0.6 is 15.9 Å². The summed E-state index contributed by atoms with van der Waals surface area (Å²) in [6.45, 7) is 1.18. The van der Waals surface area contributed by atoms with Crippen LogP contribution in [0.4, 0.5) is 5.69 Å². The van der Waals surface area contributed by atoms with Crippen molar-refractivity contribution in [2.45, 2.75) is 19.4 Å². The maximum atomic E-state index is 11.8. The van der Waals surface area contributed by atoms with Crippen LogP contribution in [0.1, 0.15) is 18.4 Å². The van der Waals surface area contributed by atoms with Gasteiger partial charge in [0.2, 0.25) is 5.91 Å². The zero-order valence-electron chi connectivity index (χ0n) is 14.3. The second-order valence-corrected chi connectivity index (χ2v) is 6.58. The summed E-state index contributed by atoms with van der Waals surface area (Å²) in [5.74, 6) is 2.25. The summed E-state index contributed by atoms with van der Waals surface area (Å²) in [5, 5.41) is 0. The maximum absolute atomic E-state index is 11.8. The number of amides is 1. The fourth-order valence-corrected chi connectivity index (χ4v) is 3.25. The van der Waals surface area contributed by atoms with Gasteiger partial charge in [0.1, 0.15) is 12.4 Å². The number of methoxy groups -OCH3 is 2. The van der Waals surface area contributed by atoms with E-state index in [0.717, 1.165) is 34.4 Å². The van der Waals surface area contributed by atoms with Crippen molar-refractivity contribution in [1.29, 1.82) is 0 Å². The highest BCUT2D eigenvalue weighted by Gasteiger charge is 2.21. The number of hydrogen-bond acceptors (Lipinski definition) is 4. The molecule has 0 aromatic heterocycles. The van der Waals surface area contributed by atoms with Gasteiger partial charge in [-0.3, -0.25) is 4.79 Å². The van der Waals surface area contributed by atoms with E-state index in [0.29, 0.717) is 24.5 Å². The number of carbonyl (C=O) groups is 1. The molecule has 0 unspecified atom stereocenters. The molecular weight excluding hydrogens is 386 g/mol. The van der Waals surface area contributed by atoms with Crippen LogP contribution in [0.5, 0.6) is 17.2 Å². The third-order valence-electron chi connectivity index (χ3n) is 4.17. The SMILES string of the molecule is COc1cc(Br)c(COc2ccc(N3CCCC3=O)cc2)cc1OC. The average molecular weight is 406 g/mol. The lowest BCUT2D eigenvalue weighted by Crippen LogP contribution is -2.23. The maximum Gasteiger partial charge on any atom is 0.227 e. The Balaban J connectivity index is 1.68. The monoisotopic (exact) mass is 405 g/mol. The molecule has 3 rings (SSSR count). The summed E-state index contributed by atoms with van der Waals surface area (Å²) in [6.07, 6.45) is 1.55. The highest BCUT2D eigenvalue weighted by Crippen LogP contribution is 2.34. The zero-order chi connectivity index (χ0) is 17.8. The van der Waals surface area contributed by atoms with Gasteiger partial charge in [-0.25, -0.2) is 0 Å². The molecule has 1 aliphatic rings. The first-order valence-corrected chi connectivity index (χ1v) is 8.85. The Bertz CT molecular complexity index is 761. The normalized spacial score (nSPS) is 13.9. The Morgan fingerprint density at radius 2 is 1.76 bits per heavy atom. The predicted octanol–water partition coefficient (Wildman–Crippen LogP) is 4.17. The molecule has 0 N–H and O–H groups in total. The van der Waals surface area contributed by atoms with E-state index in [-0.39, 0.29) is 5.91 Å². The Morgan fingerprint density at radius 3 is 2.36 bits per heavy atom. The molecule has 5 nitrogen and oxygen atoms in total. The van der Waals surface area contributed by atoms with Gasteiger partial charge in [-0.05, 0) is 42.8 Å². The standard InChI is InChI=1S/C19H20BrNO4/c1-23-17-10-13(16(20)11-18(17)24-2)12-25-15-7-5-14(6-8-15)21-9-3-4-19(21)22/h5-8,10-11H,3-4,9,12H2,1-2H3. The Labute approximate surface area is 155 Å². The largest absolute Gasteiger partial charge is 0.493 e. The molecule has 0 saturated carbocycles. The van der Waals surface area contributed by atoms with E-state index in [2.05, 4.69) is 15.9 Å². The van der Waals surface area contributed by atoms with Gasteiger partial charge in [0.15, 0.2) is 11.5 Å². The van der Waals surface area contributed by atoms with Crippen molar-refractivity contribution in [3.8, 4) is 17.2 Å². The van der Waals surface area contributed by atoms with E-state index >= 15 is 0 Å². The van der Waals surface area contributed by atoms with Crippen LogP contribution in [0.15, 0.2) is 40.9 Å². The van der Waals surface area contributed by atoms with E-state index in [9.17, 15) is 4.79 Å². The third-order valence-corrected chi connectivity index (χ3v) is 4.91. The zero-order valence-corrected chi connectivity index (χ0v) is 15.8. The third kappa shape index (κ3) is 3.90. The van der Waals surface area contributed by atoms with E-state index in [1.165, 1.54) is 0 Å². The van der Waals surface area contributed by atoms with Crippen molar-refractivity contribution in [2.75, 3.05) is 25.7 Å². The van der Waals surface area contributed by atoms with Gasteiger partial charge in [0.05, 0.1) is 14.2 Å². The molecule has 1 fully saturated rings. The fraction of sp³-hybridized carbons (Fsp3) is 0.316. The van der Waals surface area contributed by atoms with Crippen LogP contribution in [-0.4, -0.2) is 26.7 Å². The molecule has 6 heteroatoms. The van der Waals surface area contributed by atoms with Crippen LogP contribution < -0.4 is 19.1 Å². The van der Waals surface area contributed by atoms with E-state index in [1.54, 1.807) is 14.2 Å². The highest BCUT2D eigenvalue weighted by molar-refractivity contribution is 9.10. The van der Waals surface area contributed by atoms with E-state index < -0.39 is 0 Å². The lowest BCUT2D eigenvalue weighted by Gasteiger charge is -2.16. The minimum atomic E-state index is 0.183. The lowest BCUT2D eigenvalue weighted by atomic mass is 10.2. The van der Waals surface area contributed by atoms with Crippen molar-refractivity contribution in [3.63, 3.8) is 0 Å². The molecule has 1 amide bonds. The van der Waals surface area contributed by atoms with Crippen LogP contribution in [0.2, 0.25) is 0 Å². The second kappa shape index (κ2) is 7.78. The van der Waals surface area contributed by atoms with Crippen LogP contribution in [0.3, 0.4) is 0 Å². The summed E-state index contributed by atoms with van der Waals surface area (Å²) in [4.78, 5) is 13.6. The number of nitrogens with zero attached hydrogens (tertiary/aromatic N) is 1. The summed E-state index contributed by atoms with van der Waals surface area (Å²) in [5.41, 5.74) is 1.87. The number of halogens is 1. The summed E-state index contributed by atoms with van der Waals surface area (Å²) in [7, 11) is 3.21. The predicted molar refractivity (Wildman–Crippen MR) is 99.6 cm³/mol. The van der Waals surface area contributed by atoms with Gasteiger partial charge in [0, 0.05) is 28.7 Å². The van der Waals surface area contributed by atoms with E-state index in [4.69, 9.17) is 14.2 Å². The first kappa shape index (κ1) is 17.6. The van der Waals surface area contributed by atoms with Crippen molar-refractivity contribution >= 4 is 27.5 Å². The number of rotatable bonds is 6. The smallest absolute Gasteiger partial charge is 0.227 e. The first-order chi connectivity index (χ1) is 12.1. The minimum absolute atomic E-state index is 0.183. The fourth-order valence-electron chi connectivity index (χ4n) is 2.81. The molecule has 0 bridgehead atoms. The molecule has 132 valence electrons. The molecule has 1 saturated heterocycles. The molecule has 1 aliphatic heterocycles. The summed E-state index contributed by atoms with van der Waals surface area (Å²) in [6, 6.07) is 11.4. The van der Waals surface area contributed by atoms with Crippen molar-refractivity contribution in [2.24, 2.45) is 0 Å². The van der Waals surface area contributed by atoms with Gasteiger partial charge in [0.25, 0.3) is 0 Å². The van der Waals surface area contributed by atoms with Gasteiger partial charge >= 0.3 is 0 Å². The molecule has 2 aromatic rings. The van der Waals surface area contributed by atoms with Crippen LogP contribution in [0.25, 0.3) is 0 Å². The van der Waals surface area contributed by atoms with Gasteiger partial charge in [-0.15, -0.1) is 0 Å². The topological polar surface area (TPSA) is 48.0 Å². The molecule has 25 heavy (non-hydrogen) atoms. The summed E-state index contributed by atoms with van der Waals surface area (Å²) >= 11 is 3.53. The Kier molecular flexibility index (Phi) is 5.48. The van der Waals surface area contributed by atoms with Crippen molar-refractivity contribution in [1.82, 2.24) is 0 Å². The van der Waals surface area contributed by atoms with Gasteiger partial charge in [-0.2, -0.15) is 0 Å². The molecule has 0 radical (unpaired) electrons. The molecule has 1 heterocycles. The number of carbonyl (C=O) groups excluding carboxylic acids is 1. The van der Waals surface area contributed by atoms with Crippen molar-refractivity contribution in [3.05, 3.63) is 46.4 Å². The molecular formula is C19H20BrNO4. The number of ether oxygens (including phenoxy) is 3. The molecule has 0 aliphatic carbocycles. The molecule has 0 spiro atoms. The quantitative estimate of drug-likeness (QED) is 0.723. The van der Waals surface area contributed by atoms with Crippen molar-refractivity contribution < 1.29 is 19.0 Å². The lowest BCUT2D eigenvalue weighted by molar-refractivity contribution is -0.117. The van der Waals surface area contributed by atoms with Gasteiger partial charge in [-0.1, -0.05) is 15.9 Å². The summed E-state index contributed by atoms with van der Waals surface area (Å²) < 4.78 is 17.4. The van der Waals surface area contributed by atoms with Crippen LogP contribution in [0, 0.1) is 0 Å². The van der Waals surface area contributed by atoms with Crippen LogP contribution in [-0.2, 0) is 11.4 Å². The Hall–Kier alpha value is -2.21. The first-order valence-electron chi connectivity index (χ1n) is 8.06. The Morgan fingerprint density at radius 1 is 1.08 bits per heavy atom. The number of hydrogen-bond donors (Lipinski definition) is 0. The van der Waals surface area contributed by atoms with Gasteiger partial charge < -0.3 is 19.1 Å². The highest BCUT2D eigenvalue weighted by atomic mass is 79.9. The molecule has 2 aromatic carbocycles. The average Bonchev–Trinajstić information content (AvgIpc) is 3.06. The number of benzene rings is 2. The number of anilines is 1. The minimum Gasteiger partial charge on any atom is -0.493 e. The molecule has 0 atom stereocenters. The van der Waals surface area contributed by atoms with E-state index in [1.807, 2.05) is 41.3 Å². The second-order valence-electron chi connectivity index (χ2n) is 5.73.